The maximum absolute atomic E-state index is 10.4. The van der Waals surface area contributed by atoms with E-state index in [-0.39, 0.29) is 17.6 Å². The molecule has 1 aromatic carbocycles. The largest absolute Gasteiger partial charge is 0.389 e. The number of aliphatic hydroxyl groups excluding tert-OH is 1. The highest BCUT2D eigenvalue weighted by Crippen LogP contribution is 2.45. The Morgan fingerprint density at radius 1 is 1.25 bits per heavy atom. The van der Waals surface area contributed by atoms with Crippen molar-refractivity contribution >= 4 is 0 Å². The maximum Gasteiger partial charge on any atom is 0.109 e. The molecule has 2 rings (SSSR count). The zero-order chi connectivity index (χ0) is 11.6. The molecule has 88 valence electrons. The number of benzene rings is 1. The molecule has 1 fully saturated rings. The Morgan fingerprint density at radius 3 is 2.38 bits per heavy atom. The van der Waals surface area contributed by atoms with Crippen LogP contribution < -0.4 is 0 Å². The van der Waals surface area contributed by atoms with E-state index in [1.165, 1.54) is 0 Å². The first-order valence-electron chi connectivity index (χ1n) is 6.08. The summed E-state index contributed by atoms with van der Waals surface area (Å²) in [6, 6.07) is 10.0. The minimum absolute atomic E-state index is 0.0551. The molecule has 0 bridgehead atoms. The first kappa shape index (κ1) is 11.6. The summed E-state index contributed by atoms with van der Waals surface area (Å²) >= 11 is 0. The van der Waals surface area contributed by atoms with Crippen molar-refractivity contribution in [1.82, 2.24) is 0 Å². The van der Waals surface area contributed by atoms with Crippen molar-refractivity contribution in [2.24, 2.45) is 5.41 Å². The highest BCUT2D eigenvalue weighted by atomic mass is 16.5. The van der Waals surface area contributed by atoms with Crippen molar-refractivity contribution in [3.05, 3.63) is 35.9 Å². The van der Waals surface area contributed by atoms with Crippen molar-refractivity contribution in [1.29, 1.82) is 0 Å². The molecule has 0 aliphatic carbocycles. The molecule has 1 N–H and O–H groups in total. The molecule has 2 nitrogen and oxygen atoms in total. The molecule has 16 heavy (non-hydrogen) atoms. The van der Waals surface area contributed by atoms with Gasteiger partial charge in [0.15, 0.2) is 0 Å². The number of hydrogen-bond acceptors (Lipinski definition) is 2. The van der Waals surface area contributed by atoms with E-state index in [0.29, 0.717) is 6.61 Å². The molecule has 0 spiro atoms. The number of rotatable bonds is 3. The van der Waals surface area contributed by atoms with Crippen molar-refractivity contribution < 1.29 is 9.84 Å². The first-order chi connectivity index (χ1) is 7.73. The van der Waals surface area contributed by atoms with Gasteiger partial charge in [-0.15, -0.1) is 0 Å². The molecular weight excluding hydrogens is 200 g/mol. The fourth-order valence-corrected chi connectivity index (χ4v) is 2.55. The summed E-state index contributed by atoms with van der Waals surface area (Å²) in [5.41, 5.74) is 1.03. The SMILES string of the molecule is CCC1(CC)CO[C@@H](c2ccccc2)[C@@H]1O. The van der Waals surface area contributed by atoms with Crippen molar-refractivity contribution in [2.75, 3.05) is 6.61 Å². The fourth-order valence-electron chi connectivity index (χ4n) is 2.55. The second-order valence-corrected chi connectivity index (χ2v) is 4.66. The van der Waals surface area contributed by atoms with Gasteiger partial charge in [0.2, 0.25) is 0 Å². The van der Waals surface area contributed by atoms with E-state index < -0.39 is 0 Å². The number of hydrogen-bond donors (Lipinski definition) is 1. The van der Waals surface area contributed by atoms with E-state index in [1.807, 2.05) is 30.3 Å². The molecule has 2 heteroatoms. The minimum atomic E-state index is -0.384. The highest BCUT2D eigenvalue weighted by Gasteiger charge is 2.46. The summed E-state index contributed by atoms with van der Waals surface area (Å²) < 4.78 is 5.80. The third-order valence-corrected chi connectivity index (χ3v) is 4.00. The lowest BCUT2D eigenvalue weighted by Gasteiger charge is -2.29. The summed E-state index contributed by atoms with van der Waals surface area (Å²) in [4.78, 5) is 0. The zero-order valence-electron chi connectivity index (χ0n) is 10.0. The molecule has 1 aliphatic heterocycles. The van der Waals surface area contributed by atoms with Crippen LogP contribution in [0.3, 0.4) is 0 Å². The van der Waals surface area contributed by atoms with E-state index in [4.69, 9.17) is 4.74 Å². The van der Waals surface area contributed by atoms with Gasteiger partial charge in [-0.25, -0.2) is 0 Å². The van der Waals surface area contributed by atoms with Crippen LogP contribution in [0, 0.1) is 5.41 Å². The van der Waals surface area contributed by atoms with Gasteiger partial charge in [0, 0.05) is 5.41 Å². The van der Waals surface area contributed by atoms with Crippen LogP contribution in [0.25, 0.3) is 0 Å². The Morgan fingerprint density at radius 2 is 1.88 bits per heavy atom. The van der Waals surface area contributed by atoms with Gasteiger partial charge in [0.05, 0.1) is 12.7 Å². The topological polar surface area (TPSA) is 29.5 Å². The summed E-state index contributed by atoms with van der Waals surface area (Å²) in [6.07, 6.45) is 1.40. The molecule has 0 saturated carbocycles. The Bertz CT molecular complexity index is 330. The van der Waals surface area contributed by atoms with E-state index in [2.05, 4.69) is 13.8 Å². The van der Waals surface area contributed by atoms with Crippen molar-refractivity contribution in [3.8, 4) is 0 Å². The Kier molecular flexibility index (Phi) is 3.31. The first-order valence-corrected chi connectivity index (χ1v) is 6.08. The Labute approximate surface area is 97.3 Å². The van der Waals surface area contributed by atoms with Crippen molar-refractivity contribution in [2.45, 2.75) is 38.9 Å². The lowest BCUT2D eigenvalue weighted by atomic mass is 9.77. The average molecular weight is 220 g/mol. The summed E-state index contributed by atoms with van der Waals surface area (Å²) in [6.45, 7) is 4.92. The zero-order valence-corrected chi connectivity index (χ0v) is 10.0. The molecule has 1 heterocycles. The van der Waals surface area contributed by atoms with Gasteiger partial charge in [0.1, 0.15) is 6.10 Å². The third kappa shape index (κ3) is 1.76. The van der Waals surface area contributed by atoms with E-state index in [1.54, 1.807) is 0 Å². The van der Waals surface area contributed by atoms with Crippen LogP contribution in [0.1, 0.15) is 38.4 Å². The molecule has 0 amide bonds. The van der Waals surface area contributed by atoms with Crippen LogP contribution in [0.5, 0.6) is 0 Å². The van der Waals surface area contributed by atoms with E-state index in [0.717, 1.165) is 18.4 Å². The predicted octanol–water partition coefficient (Wildman–Crippen LogP) is 2.93. The van der Waals surface area contributed by atoms with E-state index in [9.17, 15) is 5.11 Å². The smallest absolute Gasteiger partial charge is 0.109 e. The molecule has 0 aromatic heterocycles. The third-order valence-electron chi connectivity index (χ3n) is 4.00. The summed E-state index contributed by atoms with van der Waals surface area (Å²) in [5, 5.41) is 10.4. The minimum Gasteiger partial charge on any atom is -0.389 e. The second kappa shape index (κ2) is 4.56. The van der Waals surface area contributed by atoms with E-state index >= 15 is 0 Å². The van der Waals surface area contributed by atoms with Gasteiger partial charge in [-0.2, -0.15) is 0 Å². The lowest BCUT2D eigenvalue weighted by Crippen LogP contribution is -2.33. The van der Waals surface area contributed by atoms with Gasteiger partial charge in [-0.05, 0) is 18.4 Å². The van der Waals surface area contributed by atoms with Crippen LogP contribution in [0.2, 0.25) is 0 Å². The maximum atomic E-state index is 10.4. The second-order valence-electron chi connectivity index (χ2n) is 4.66. The summed E-state index contributed by atoms with van der Waals surface area (Å²) in [5.74, 6) is 0. The van der Waals surface area contributed by atoms with Crippen LogP contribution in [0.15, 0.2) is 30.3 Å². The molecule has 1 saturated heterocycles. The fraction of sp³-hybridized carbons (Fsp3) is 0.571. The van der Waals surface area contributed by atoms with Gasteiger partial charge in [0.25, 0.3) is 0 Å². The van der Waals surface area contributed by atoms with Gasteiger partial charge in [-0.3, -0.25) is 0 Å². The Hall–Kier alpha value is -0.860. The summed E-state index contributed by atoms with van der Waals surface area (Å²) in [7, 11) is 0. The van der Waals surface area contributed by atoms with Crippen molar-refractivity contribution in [3.63, 3.8) is 0 Å². The Balaban J connectivity index is 2.22. The van der Waals surface area contributed by atoms with Gasteiger partial charge in [-0.1, -0.05) is 44.2 Å². The predicted molar refractivity (Wildman–Crippen MR) is 64.2 cm³/mol. The van der Waals surface area contributed by atoms with Crippen LogP contribution >= 0.6 is 0 Å². The quantitative estimate of drug-likeness (QED) is 0.848. The molecular formula is C14H20O2. The molecule has 1 aromatic rings. The number of aliphatic hydroxyl groups is 1. The number of ether oxygens (including phenoxy) is 1. The average Bonchev–Trinajstić information content (AvgIpc) is 2.68. The van der Waals surface area contributed by atoms with Crippen LogP contribution in [-0.4, -0.2) is 17.8 Å². The molecule has 2 atom stereocenters. The molecule has 1 aliphatic rings. The highest BCUT2D eigenvalue weighted by molar-refractivity contribution is 5.21. The van der Waals surface area contributed by atoms with Gasteiger partial charge < -0.3 is 9.84 Å². The monoisotopic (exact) mass is 220 g/mol. The lowest BCUT2D eigenvalue weighted by molar-refractivity contribution is 0.0216. The molecule has 0 radical (unpaired) electrons. The van der Waals surface area contributed by atoms with Crippen LogP contribution in [0.4, 0.5) is 0 Å². The molecule has 0 unspecified atom stereocenters. The van der Waals surface area contributed by atoms with Crippen LogP contribution in [-0.2, 0) is 4.74 Å². The van der Waals surface area contributed by atoms with Gasteiger partial charge >= 0.3 is 0 Å². The normalized spacial score (nSPS) is 28.2. The standard InChI is InChI=1S/C14H20O2/c1-3-14(4-2)10-16-12(13(14)15)11-8-6-5-7-9-11/h5-9,12-13,15H,3-4,10H2,1-2H3/t12-,13-/m0/s1.